The van der Waals surface area contributed by atoms with E-state index in [1.807, 2.05) is 18.2 Å². The fraction of sp³-hybridized carbons (Fsp3) is 0.625. The minimum absolute atomic E-state index is 0.103. The average molecular weight is 463 g/mol. The molecule has 3 aliphatic heterocycles. The molecular weight excluding hydrogens is 428 g/mol. The van der Waals surface area contributed by atoms with Gasteiger partial charge in [0, 0.05) is 12.6 Å². The van der Waals surface area contributed by atoms with E-state index in [0.717, 1.165) is 37.9 Å². The third kappa shape index (κ3) is 6.11. The molecule has 2 fully saturated rings. The smallest absolute Gasteiger partial charge is 0.246 e. The Hall–Kier alpha value is -1.90. The van der Waals surface area contributed by atoms with E-state index in [0.29, 0.717) is 38.5 Å². The highest BCUT2D eigenvalue weighted by molar-refractivity contribution is 7.88. The van der Waals surface area contributed by atoms with Gasteiger partial charge in [-0.1, -0.05) is 18.2 Å². The monoisotopic (exact) mass is 462 g/mol. The van der Waals surface area contributed by atoms with E-state index in [-0.39, 0.29) is 24.1 Å². The third-order valence-electron chi connectivity index (χ3n) is 6.75. The number of fused-ring (bicyclic) bond motifs is 7. The van der Waals surface area contributed by atoms with Crippen LogP contribution in [0.1, 0.15) is 56.4 Å². The van der Waals surface area contributed by atoms with Crippen molar-refractivity contribution in [3.63, 3.8) is 0 Å². The molecule has 0 radical (unpaired) electrons. The number of rotatable bonds is 2. The SMILES string of the molecule is CS(=O)(=O)N[C@H]1CCCN2C(=O)/C=C\CCOc3cccc(c3)C3CCC(CC3)OC[C@@H]12. The summed E-state index contributed by atoms with van der Waals surface area (Å²) >= 11 is 0. The summed E-state index contributed by atoms with van der Waals surface area (Å²) < 4.78 is 38.8. The first-order valence-corrected chi connectivity index (χ1v) is 13.6. The number of hydrogen-bond donors (Lipinski definition) is 1. The number of carbonyl (C=O) groups excluding carboxylic acids is 1. The van der Waals surface area contributed by atoms with E-state index in [9.17, 15) is 13.2 Å². The normalized spacial score (nSPS) is 30.8. The maximum Gasteiger partial charge on any atom is 0.246 e. The molecule has 1 saturated heterocycles. The Balaban J connectivity index is 1.54. The first kappa shape index (κ1) is 23.3. The van der Waals surface area contributed by atoms with E-state index in [1.165, 1.54) is 11.8 Å². The minimum atomic E-state index is -3.38. The van der Waals surface area contributed by atoms with Crippen LogP contribution in [0.2, 0.25) is 0 Å². The standard InChI is InChI=1S/C24H34N2O5S/c1-32(28,29)25-22-8-5-14-26-23(22)17-31-20-12-10-18(11-13-20)19-6-4-7-21(16-19)30-15-3-2-9-24(26)27/h2,4,6-7,9,16,18,20,22-23,25H,3,5,8,10-15,17H2,1H3/b9-2-/t18?,20?,22-,23-/m0/s1. The van der Waals surface area contributed by atoms with Crippen molar-refractivity contribution in [3.8, 4) is 5.75 Å². The number of amides is 1. The Labute approximate surface area is 191 Å². The van der Waals surface area contributed by atoms with E-state index in [2.05, 4.69) is 16.9 Å². The van der Waals surface area contributed by atoms with Gasteiger partial charge in [-0.05, 0) is 74.6 Å². The lowest BCUT2D eigenvalue weighted by molar-refractivity contribution is -0.133. The fourth-order valence-electron chi connectivity index (χ4n) is 5.13. The largest absolute Gasteiger partial charge is 0.493 e. The fourth-order valence-corrected chi connectivity index (χ4v) is 5.95. The lowest BCUT2D eigenvalue weighted by Gasteiger charge is -2.41. The maximum atomic E-state index is 13.0. The summed E-state index contributed by atoms with van der Waals surface area (Å²) in [4.78, 5) is 14.7. The summed E-state index contributed by atoms with van der Waals surface area (Å²) in [6.45, 7) is 1.46. The Bertz CT molecular complexity index is 924. The van der Waals surface area contributed by atoms with Gasteiger partial charge in [0.15, 0.2) is 0 Å². The highest BCUT2D eigenvalue weighted by atomic mass is 32.2. The molecule has 1 N–H and O–H groups in total. The summed E-state index contributed by atoms with van der Waals surface area (Å²) in [6, 6.07) is 7.70. The second kappa shape index (κ2) is 10.4. The van der Waals surface area contributed by atoms with Gasteiger partial charge in [-0.25, -0.2) is 13.1 Å². The van der Waals surface area contributed by atoms with Crippen LogP contribution >= 0.6 is 0 Å². The van der Waals surface area contributed by atoms with E-state index in [4.69, 9.17) is 9.47 Å². The molecule has 1 aromatic carbocycles. The van der Waals surface area contributed by atoms with Crippen molar-refractivity contribution >= 4 is 15.9 Å². The van der Waals surface area contributed by atoms with Crippen LogP contribution in [0.25, 0.3) is 0 Å². The Kier molecular flexibility index (Phi) is 7.53. The number of nitrogens with zero attached hydrogens (tertiary/aromatic N) is 1. The quantitative estimate of drug-likeness (QED) is 0.730. The predicted molar refractivity (Wildman–Crippen MR) is 123 cm³/mol. The molecule has 0 aromatic heterocycles. The van der Waals surface area contributed by atoms with Crippen molar-refractivity contribution < 1.29 is 22.7 Å². The van der Waals surface area contributed by atoms with Gasteiger partial charge in [0.2, 0.25) is 15.9 Å². The van der Waals surface area contributed by atoms with Crippen LogP contribution in [-0.2, 0) is 19.6 Å². The summed E-state index contributed by atoms with van der Waals surface area (Å²) in [5.41, 5.74) is 1.31. The summed E-state index contributed by atoms with van der Waals surface area (Å²) in [6.07, 6.45) is 10.8. The second-order valence-electron chi connectivity index (χ2n) is 9.16. The molecule has 5 rings (SSSR count). The van der Waals surface area contributed by atoms with Crippen molar-refractivity contribution in [1.29, 1.82) is 0 Å². The maximum absolute atomic E-state index is 13.0. The van der Waals surface area contributed by atoms with Crippen molar-refractivity contribution in [3.05, 3.63) is 42.0 Å². The molecular formula is C24H34N2O5S. The van der Waals surface area contributed by atoms with Crippen molar-refractivity contribution in [2.45, 2.75) is 69.1 Å². The number of sulfonamides is 1. The van der Waals surface area contributed by atoms with Crippen LogP contribution in [0.15, 0.2) is 36.4 Å². The zero-order valence-electron chi connectivity index (χ0n) is 18.7. The average Bonchev–Trinajstić information content (AvgIpc) is 2.77. The molecule has 4 aliphatic rings. The van der Waals surface area contributed by atoms with Crippen molar-refractivity contribution in [2.75, 3.05) is 26.0 Å². The van der Waals surface area contributed by atoms with Gasteiger partial charge < -0.3 is 14.4 Å². The van der Waals surface area contributed by atoms with E-state index >= 15 is 0 Å². The molecule has 0 unspecified atom stereocenters. The Morgan fingerprint density at radius 1 is 1.12 bits per heavy atom. The van der Waals surface area contributed by atoms with Crippen LogP contribution < -0.4 is 9.46 Å². The van der Waals surface area contributed by atoms with E-state index < -0.39 is 10.0 Å². The molecule has 176 valence electrons. The van der Waals surface area contributed by atoms with Crippen molar-refractivity contribution in [1.82, 2.24) is 9.62 Å². The van der Waals surface area contributed by atoms with Crippen LogP contribution in [0, 0.1) is 0 Å². The zero-order valence-corrected chi connectivity index (χ0v) is 19.6. The van der Waals surface area contributed by atoms with Crippen LogP contribution in [0.4, 0.5) is 0 Å². The summed E-state index contributed by atoms with van der Waals surface area (Å²) in [7, 11) is -3.38. The van der Waals surface area contributed by atoms with Crippen LogP contribution in [0.5, 0.6) is 5.75 Å². The van der Waals surface area contributed by atoms with Gasteiger partial charge in [0.05, 0.1) is 31.6 Å². The van der Waals surface area contributed by atoms with Gasteiger partial charge in [-0.3, -0.25) is 4.79 Å². The first-order chi connectivity index (χ1) is 15.4. The Morgan fingerprint density at radius 3 is 2.72 bits per heavy atom. The summed E-state index contributed by atoms with van der Waals surface area (Å²) in [5, 5.41) is 0. The molecule has 3 heterocycles. The summed E-state index contributed by atoms with van der Waals surface area (Å²) in [5.74, 6) is 1.27. The predicted octanol–water partition coefficient (Wildman–Crippen LogP) is 2.98. The molecule has 8 heteroatoms. The van der Waals surface area contributed by atoms with Crippen LogP contribution in [0.3, 0.4) is 0 Å². The van der Waals surface area contributed by atoms with Gasteiger partial charge in [-0.2, -0.15) is 0 Å². The second-order valence-corrected chi connectivity index (χ2v) is 10.9. The van der Waals surface area contributed by atoms with E-state index in [1.54, 1.807) is 11.0 Å². The van der Waals surface area contributed by atoms with Crippen LogP contribution in [-0.4, -0.2) is 63.4 Å². The minimum Gasteiger partial charge on any atom is -0.493 e. The molecule has 32 heavy (non-hydrogen) atoms. The first-order valence-electron chi connectivity index (χ1n) is 11.7. The molecule has 2 atom stereocenters. The molecule has 1 aliphatic carbocycles. The highest BCUT2D eigenvalue weighted by Gasteiger charge is 2.36. The topological polar surface area (TPSA) is 84.9 Å². The van der Waals surface area contributed by atoms with Gasteiger partial charge in [0.25, 0.3) is 0 Å². The van der Waals surface area contributed by atoms with Gasteiger partial charge in [-0.15, -0.1) is 0 Å². The highest BCUT2D eigenvalue weighted by Crippen LogP contribution is 2.35. The van der Waals surface area contributed by atoms with Gasteiger partial charge in [0.1, 0.15) is 5.75 Å². The Morgan fingerprint density at radius 2 is 1.94 bits per heavy atom. The molecule has 1 amide bonds. The number of hydrogen-bond acceptors (Lipinski definition) is 5. The van der Waals surface area contributed by atoms with Crippen molar-refractivity contribution in [2.24, 2.45) is 0 Å². The van der Waals surface area contributed by atoms with Gasteiger partial charge >= 0.3 is 0 Å². The molecule has 4 bridgehead atoms. The molecule has 7 nitrogen and oxygen atoms in total. The number of benzene rings is 1. The zero-order chi connectivity index (χ0) is 22.6. The number of ether oxygens (including phenoxy) is 2. The lowest BCUT2D eigenvalue weighted by Crippen LogP contribution is -2.58. The number of piperidine rings is 1. The lowest BCUT2D eigenvalue weighted by atomic mass is 9.82. The number of nitrogens with one attached hydrogen (secondary N) is 1. The molecule has 1 saturated carbocycles. The molecule has 0 spiro atoms. The third-order valence-corrected chi connectivity index (χ3v) is 7.48. The molecule has 1 aromatic rings. The number of carbonyl (C=O) groups is 1.